The van der Waals surface area contributed by atoms with Gasteiger partial charge in [0.1, 0.15) is 0 Å². The van der Waals surface area contributed by atoms with Gasteiger partial charge in [-0.1, -0.05) is 12.8 Å². The van der Waals surface area contributed by atoms with E-state index in [1.54, 1.807) is 0 Å². The zero-order chi connectivity index (χ0) is 13.2. The van der Waals surface area contributed by atoms with Crippen molar-refractivity contribution in [1.29, 1.82) is 0 Å². The van der Waals surface area contributed by atoms with Crippen LogP contribution in [0.5, 0.6) is 0 Å². The molecule has 0 bridgehead atoms. The smallest absolute Gasteiger partial charge is 0.308 e. The van der Waals surface area contributed by atoms with Gasteiger partial charge in [-0.3, -0.25) is 9.69 Å². The molecule has 0 amide bonds. The van der Waals surface area contributed by atoms with Gasteiger partial charge in [0.15, 0.2) is 9.84 Å². The number of carboxylic acid groups (broad SMARTS) is 1. The van der Waals surface area contributed by atoms with Gasteiger partial charge in [-0.2, -0.15) is 0 Å². The van der Waals surface area contributed by atoms with Crippen LogP contribution in [0.2, 0.25) is 0 Å². The maximum Gasteiger partial charge on any atom is 0.308 e. The summed E-state index contributed by atoms with van der Waals surface area (Å²) in [4.78, 5) is 13.4. The fourth-order valence-electron chi connectivity index (χ4n) is 3.13. The van der Waals surface area contributed by atoms with Crippen molar-refractivity contribution in [1.82, 2.24) is 4.90 Å². The van der Waals surface area contributed by atoms with Crippen LogP contribution in [0.4, 0.5) is 0 Å². The largest absolute Gasteiger partial charge is 0.481 e. The predicted molar refractivity (Wildman–Crippen MR) is 68.2 cm³/mol. The fraction of sp³-hybridized carbons (Fsp3) is 0.917. The van der Waals surface area contributed by atoms with Crippen LogP contribution in [0, 0.1) is 5.92 Å². The summed E-state index contributed by atoms with van der Waals surface area (Å²) in [6.45, 7) is 1.21. The lowest BCUT2D eigenvalue weighted by atomic mass is 9.83. The third kappa shape index (κ3) is 3.23. The molecule has 2 unspecified atom stereocenters. The van der Waals surface area contributed by atoms with E-state index < -0.39 is 15.8 Å². The van der Waals surface area contributed by atoms with Crippen molar-refractivity contribution in [2.75, 3.05) is 24.6 Å². The second-order valence-corrected chi connectivity index (χ2v) is 7.64. The Morgan fingerprint density at radius 1 is 1.06 bits per heavy atom. The number of aliphatic carboxylic acids is 1. The first kappa shape index (κ1) is 13.8. The number of carboxylic acids is 1. The molecule has 5 nitrogen and oxygen atoms in total. The van der Waals surface area contributed by atoms with Gasteiger partial charge in [0, 0.05) is 12.6 Å². The molecule has 1 aliphatic carbocycles. The summed E-state index contributed by atoms with van der Waals surface area (Å²) in [5, 5.41) is 9.27. The molecule has 1 saturated carbocycles. The van der Waals surface area contributed by atoms with E-state index in [0.717, 1.165) is 25.7 Å². The summed E-state index contributed by atoms with van der Waals surface area (Å²) in [6.07, 6.45) is 4.27. The maximum atomic E-state index is 11.6. The first-order chi connectivity index (χ1) is 8.49. The minimum absolute atomic E-state index is 0.0320. The highest BCUT2D eigenvalue weighted by Gasteiger charge is 2.35. The molecule has 1 saturated heterocycles. The van der Waals surface area contributed by atoms with Gasteiger partial charge in [0.05, 0.1) is 17.4 Å². The fourth-order valence-corrected chi connectivity index (χ4v) is 4.41. The van der Waals surface area contributed by atoms with E-state index in [-0.39, 0.29) is 23.5 Å². The number of hydrogen-bond donors (Lipinski definition) is 1. The van der Waals surface area contributed by atoms with Crippen LogP contribution in [0.1, 0.15) is 32.1 Å². The van der Waals surface area contributed by atoms with Crippen molar-refractivity contribution < 1.29 is 18.3 Å². The Labute approximate surface area is 108 Å². The third-order valence-electron chi connectivity index (χ3n) is 4.11. The van der Waals surface area contributed by atoms with Crippen LogP contribution in [0.15, 0.2) is 0 Å². The topological polar surface area (TPSA) is 74.7 Å². The average Bonchev–Trinajstić information content (AvgIpc) is 2.50. The van der Waals surface area contributed by atoms with Crippen LogP contribution >= 0.6 is 0 Å². The molecule has 0 aromatic carbocycles. The molecule has 2 atom stereocenters. The van der Waals surface area contributed by atoms with E-state index in [9.17, 15) is 18.3 Å². The monoisotopic (exact) mass is 275 g/mol. The van der Waals surface area contributed by atoms with Gasteiger partial charge in [0.25, 0.3) is 0 Å². The molecular weight excluding hydrogens is 254 g/mol. The number of nitrogens with zero attached hydrogens (tertiary/aromatic N) is 1. The van der Waals surface area contributed by atoms with Gasteiger partial charge in [-0.15, -0.1) is 0 Å². The van der Waals surface area contributed by atoms with E-state index in [1.165, 1.54) is 0 Å². The Morgan fingerprint density at radius 3 is 2.50 bits per heavy atom. The van der Waals surface area contributed by atoms with Crippen molar-refractivity contribution in [3.63, 3.8) is 0 Å². The molecular formula is C12H21NO4S. The molecule has 2 aliphatic rings. The summed E-state index contributed by atoms with van der Waals surface area (Å²) in [5.74, 6) is -0.629. The lowest BCUT2D eigenvalue weighted by Gasteiger charge is -2.37. The Bertz CT molecular complexity index is 406. The van der Waals surface area contributed by atoms with Crippen molar-refractivity contribution in [3.05, 3.63) is 0 Å². The lowest BCUT2D eigenvalue weighted by Crippen LogP contribution is -2.46. The lowest BCUT2D eigenvalue weighted by molar-refractivity contribution is -0.145. The molecule has 18 heavy (non-hydrogen) atoms. The molecule has 0 spiro atoms. The molecule has 0 aromatic heterocycles. The molecule has 1 N–H and O–H groups in total. The number of carbonyl (C=O) groups is 1. The predicted octanol–water partition coefficient (Wildman–Crippen LogP) is 0.750. The summed E-state index contributed by atoms with van der Waals surface area (Å²) >= 11 is 0. The van der Waals surface area contributed by atoms with E-state index in [0.29, 0.717) is 19.5 Å². The van der Waals surface area contributed by atoms with Crippen molar-refractivity contribution in [2.45, 2.75) is 38.1 Å². The van der Waals surface area contributed by atoms with Crippen LogP contribution in [-0.2, 0) is 14.6 Å². The average molecular weight is 275 g/mol. The highest BCUT2D eigenvalue weighted by molar-refractivity contribution is 7.91. The molecule has 2 rings (SSSR count). The van der Waals surface area contributed by atoms with E-state index in [4.69, 9.17) is 0 Å². The molecule has 1 aliphatic heterocycles. The summed E-state index contributed by atoms with van der Waals surface area (Å²) < 4.78 is 23.1. The summed E-state index contributed by atoms with van der Waals surface area (Å²) in [6, 6.07) is 0.0320. The standard InChI is InChI=1S/C12H21NO4S/c14-12(15)10-4-1-2-5-11(10)13-6-3-8-18(16,17)9-7-13/h10-11H,1-9H2,(H,14,15). The van der Waals surface area contributed by atoms with E-state index in [2.05, 4.69) is 4.90 Å². The van der Waals surface area contributed by atoms with E-state index in [1.807, 2.05) is 0 Å². The first-order valence-corrected chi connectivity index (χ1v) is 8.49. The zero-order valence-electron chi connectivity index (χ0n) is 10.5. The highest BCUT2D eigenvalue weighted by Crippen LogP contribution is 2.29. The van der Waals surface area contributed by atoms with Gasteiger partial charge in [0.2, 0.25) is 0 Å². The minimum atomic E-state index is -2.92. The molecule has 0 radical (unpaired) electrons. The van der Waals surface area contributed by atoms with Crippen LogP contribution < -0.4 is 0 Å². The van der Waals surface area contributed by atoms with Crippen LogP contribution in [0.25, 0.3) is 0 Å². The number of sulfone groups is 1. The Hall–Kier alpha value is -0.620. The third-order valence-corrected chi connectivity index (χ3v) is 5.82. The summed E-state index contributed by atoms with van der Waals surface area (Å²) in [5.41, 5.74) is 0. The van der Waals surface area contributed by atoms with Gasteiger partial charge >= 0.3 is 5.97 Å². The Balaban J connectivity index is 2.06. The first-order valence-electron chi connectivity index (χ1n) is 6.67. The van der Waals surface area contributed by atoms with Crippen molar-refractivity contribution in [2.24, 2.45) is 5.92 Å². The van der Waals surface area contributed by atoms with Crippen LogP contribution in [-0.4, -0.2) is 55.0 Å². The SMILES string of the molecule is O=C(O)C1CCCCC1N1CCCS(=O)(=O)CC1. The summed E-state index contributed by atoms with van der Waals surface area (Å²) in [7, 11) is -2.92. The molecule has 104 valence electrons. The molecule has 2 fully saturated rings. The minimum Gasteiger partial charge on any atom is -0.481 e. The normalized spacial score (nSPS) is 33.8. The molecule has 6 heteroatoms. The van der Waals surface area contributed by atoms with E-state index >= 15 is 0 Å². The second-order valence-electron chi connectivity index (χ2n) is 5.34. The zero-order valence-corrected chi connectivity index (χ0v) is 11.4. The van der Waals surface area contributed by atoms with Gasteiger partial charge in [-0.25, -0.2) is 8.42 Å². The highest BCUT2D eigenvalue weighted by atomic mass is 32.2. The molecule has 0 aromatic rings. The second kappa shape index (κ2) is 5.57. The quantitative estimate of drug-likeness (QED) is 0.805. The molecule has 1 heterocycles. The van der Waals surface area contributed by atoms with Gasteiger partial charge < -0.3 is 5.11 Å². The van der Waals surface area contributed by atoms with Gasteiger partial charge in [-0.05, 0) is 25.8 Å². The maximum absolute atomic E-state index is 11.6. The Kier molecular flexibility index (Phi) is 4.27. The number of rotatable bonds is 2. The van der Waals surface area contributed by atoms with Crippen molar-refractivity contribution in [3.8, 4) is 0 Å². The van der Waals surface area contributed by atoms with Crippen LogP contribution in [0.3, 0.4) is 0 Å². The Morgan fingerprint density at radius 2 is 1.78 bits per heavy atom. The number of hydrogen-bond acceptors (Lipinski definition) is 4. The van der Waals surface area contributed by atoms with Crippen molar-refractivity contribution >= 4 is 15.8 Å².